The number of ether oxygens (including phenoxy) is 1. The van der Waals surface area contributed by atoms with Gasteiger partial charge in [-0.25, -0.2) is 15.2 Å². The lowest BCUT2D eigenvalue weighted by atomic mass is 10.2. The molecule has 15 heavy (non-hydrogen) atoms. The van der Waals surface area contributed by atoms with Gasteiger partial charge in [-0.3, -0.25) is 0 Å². The van der Waals surface area contributed by atoms with Crippen molar-refractivity contribution in [3.8, 4) is 6.07 Å². The molecule has 1 heterocycles. The van der Waals surface area contributed by atoms with Gasteiger partial charge in [-0.05, 0) is 12.3 Å². The second-order valence-electron chi connectivity index (χ2n) is 4.10. The maximum absolute atomic E-state index is 11.5. The van der Waals surface area contributed by atoms with Gasteiger partial charge in [-0.2, -0.15) is 5.26 Å². The fourth-order valence-corrected chi connectivity index (χ4v) is 1.35. The van der Waals surface area contributed by atoms with E-state index in [0.29, 0.717) is 25.5 Å². The number of nitrogens with zero attached hydrogens (tertiary/aromatic N) is 2. The summed E-state index contributed by atoms with van der Waals surface area (Å²) < 4.78 is 5.06. The van der Waals surface area contributed by atoms with Crippen molar-refractivity contribution in [2.24, 2.45) is 5.92 Å². The van der Waals surface area contributed by atoms with Crippen molar-refractivity contribution in [2.45, 2.75) is 32.7 Å². The van der Waals surface area contributed by atoms with Crippen molar-refractivity contribution in [3.05, 3.63) is 0 Å². The van der Waals surface area contributed by atoms with Gasteiger partial charge in [0.05, 0.1) is 19.1 Å². The number of nitrogens with one attached hydrogen (secondary N) is 1. The van der Waals surface area contributed by atoms with Crippen LogP contribution in [0.15, 0.2) is 0 Å². The van der Waals surface area contributed by atoms with E-state index >= 15 is 0 Å². The molecule has 1 aliphatic heterocycles. The molecule has 0 radical (unpaired) electrons. The number of nitriles is 1. The number of carbonyl (C=O) groups is 1. The van der Waals surface area contributed by atoms with E-state index in [9.17, 15) is 4.79 Å². The third-order valence-electron chi connectivity index (χ3n) is 2.14. The molecule has 1 aliphatic rings. The first-order chi connectivity index (χ1) is 7.13. The number of rotatable bonds is 3. The highest BCUT2D eigenvalue weighted by atomic mass is 16.6. The Morgan fingerprint density at radius 2 is 2.47 bits per heavy atom. The van der Waals surface area contributed by atoms with Crippen LogP contribution in [0.3, 0.4) is 0 Å². The first-order valence-electron chi connectivity index (χ1n) is 5.21. The minimum absolute atomic E-state index is 0.0848. The number of hydrazine groups is 1. The van der Waals surface area contributed by atoms with Crippen molar-refractivity contribution < 1.29 is 9.53 Å². The Hall–Kier alpha value is -1.28. The minimum Gasteiger partial charge on any atom is -0.448 e. The molecule has 0 spiro atoms. The monoisotopic (exact) mass is 211 g/mol. The van der Waals surface area contributed by atoms with Gasteiger partial charge in [0.1, 0.15) is 0 Å². The van der Waals surface area contributed by atoms with Crippen molar-refractivity contribution >= 4 is 6.09 Å². The van der Waals surface area contributed by atoms with Crippen LogP contribution in [0.4, 0.5) is 4.79 Å². The fraction of sp³-hybridized carbons (Fsp3) is 0.800. The molecule has 1 rings (SSSR count). The molecule has 0 aromatic heterocycles. The van der Waals surface area contributed by atoms with E-state index in [-0.39, 0.29) is 12.1 Å². The molecule has 1 saturated heterocycles. The molecule has 5 heteroatoms. The summed E-state index contributed by atoms with van der Waals surface area (Å²) in [5, 5.41) is 9.95. The zero-order valence-corrected chi connectivity index (χ0v) is 9.19. The van der Waals surface area contributed by atoms with Crippen LogP contribution in [0.5, 0.6) is 0 Å². The Morgan fingerprint density at radius 3 is 3.07 bits per heavy atom. The number of amides is 1. The molecule has 0 bridgehead atoms. The SMILES string of the molecule is CC(C)COC(=O)N1CCC(CC#N)N1. The first-order valence-corrected chi connectivity index (χ1v) is 5.21. The predicted molar refractivity (Wildman–Crippen MR) is 54.7 cm³/mol. The molecule has 1 unspecified atom stereocenters. The van der Waals surface area contributed by atoms with Crippen LogP contribution >= 0.6 is 0 Å². The van der Waals surface area contributed by atoms with E-state index in [4.69, 9.17) is 10.00 Å². The summed E-state index contributed by atoms with van der Waals surface area (Å²) in [6.07, 6.45) is 0.891. The standard InChI is InChI=1S/C10H17N3O2/c1-8(2)7-15-10(14)13-6-4-9(12-13)3-5-11/h8-9,12H,3-4,6-7H2,1-2H3. The molecule has 0 saturated carbocycles. The lowest BCUT2D eigenvalue weighted by molar-refractivity contribution is 0.0840. The van der Waals surface area contributed by atoms with Crippen LogP contribution in [0, 0.1) is 17.2 Å². The van der Waals surface area contributed by atoms with E-state index in [1.807, 2.05) is 13.8 Å². The van der Waals surface area contributed by atoms with Crippen LogP contribution in [0.1, 0.15) is 26.7 Å². The predicted octanol–water partition coefficient (Wildman–Crippen LogP) is 1.27. The van der Waals surface area contributed by atoms with Crippen LogP contribution < -0.4 is 5.43 Å². The van der Waals surface area contributed by atoms with E-state index in [1.165, 1.54) is 5.01 Å². The Morgan fingerprint density at radius 1 is 1.73 bits per heavy atom. The van der Waals surface area contributed by atoms with Crippen LogP contribution in [0.25, 0.3) is 0 Å². The summed E-state index contributed by atoms with van der Waals surface area (Å²) in [6, 6.07) is 2.16. The quantitative estimate of drug-likeness (QED) is 0.763. The van der Waals surface area contributed by atoms with Crippen LogP contribution in [-0.2, 0) is 4.74 Å². The smallest absolute Gasteiger partial charge is 0.424 e. The summed E-state index contributed by atoms with van der Waals surface area (Å²) in [5.41, 5.74) is 2.95. The first kappa shape index (κ1) is 11.8. The van der Waals surface area contributed by atoms with Crippen LogP contribution in [-0.4, -0.2) is 30.3 Å². The molecular formula is C10H17N3O2. The molecule has 1 atom stereocenters. The summed E-state index contributed by atoms with van der Waals surface area (Å²) in [7, 11) is 0. The Labute approximate surface area is 90.0 Å². The van der Waals surface area contributed by atoms with Crippen molar-refractivity contribution in [3.63, 3.8) is 0 Å². The normalized spacial score (nSPS) is 20.4. The zero-order chi connectivity index (χ0) is 11.3. The number of carbonyl (C=O) groups excluding carboxylic acids is 1. The molecule has 1 fully saturated rings. The van der Waals surface area contributed by atoms with E-state index in [0.717, 1.165) is 6.42 Å². The second-order valence-corrected chi connectivity index (χ2v) is 4.10. The van der Waals surface area contributed by atoms with Crippen molar-refractivity contribution in [2.75, 3.05) is 13.2 Å². The zero-order valence-electron chi connectivity index (χ0n) is 9.19. The molecule has 84 valence electrons. The topological polar surface area (TPSA) is 65.4 Å². The van der Waals surface area contributed by atoms with Crippen molar-refractivity contribution in [1.29, 1.82) is 5.26 Å². The van der Waals surface area contributed by atoms with Crippen molar-refractivity contribution in [1.82, 2.24) is 10.4 Å². The highest BCUT2D eigenvalue weighted by molar-refractivity contribution is 5.67. The Kier molecular flexibility index (Phi) is 4.37. The summed E-state index contributed by atoms with van der Waals surface area (Å²) in [6.45, 7) is 5.02. The van der Waals surface area contributed by atoms with Gasteiger partial charge >= 0.3 is 6.09 Å². The summed E-state index contributed by atoms with van der Waals surface area (Å²) in [4.78, 5) is 11.5. The van der Waals surface area contributed by atoms with E-state index in [2.05, 4.69) is 11.5 Å². The molecule has 0 aliphatic carbocycles. The summed E-state index contributed by atoms with van der Waals surface area (Å²) in [5.74, 6) is 0.339. The third kappa shape index (κ3) is 3.76. The molecule has 5 nitrogen and oxygen atoms in total. The second kappa shape index (κ2) is 5.56. The van der Waals surface area contributed by atoms with Gasteiger partial charge in [0.2, 0.25) is 0 Å². The van der Waals surface area contributed by atoms with E-state index < -0.39 is 0 Å². The largest absolute Gasteiger partial charge is 0.448 e. The molecular weight excluding hydrogens is 194 g/mol. The highest BCUT2D eigenvalue weighted by Crippen LogP contribution is 2.09. The third-order valence-corrected chi connectivity index (χ3v) is 2.14. The average Bonchev–Trinajstić information content (AvgIpc) is 2.63. The maximum atomic E-state index is 11.5. The molecule has 1 amide bonds. The lowest BCUT2D eigenvalue weighted by Crippen LogP contribution is -2.40. The molecule has 0 aromatic carbocycles. The van der Waals surface area contributed by atoms with Gasteiger partial charge < -0.3 is 4.74 Å². The minimum atomic E-state index is -0.343. The Balaban J connectivity index is 2.28. The van der Waals surface area contributed by atoms with Crippen LogP contribution in [0.2, 0.25) is 0 Å². The number of hydrogen-bond acceptors (Lipinski definition) is 4. The molecule has 1 N–H and O–H groups in total. The maximum Gasteiger partial charge on any atom is 0.424 e. The van der Waals surface area contributed by atoms with Gasteiger partial charge in [-0.1, -0.05) is 13.8 Å². The van der Waals surface area contributed by atoms with Gasteiger partial charge in [0, 0.05) is 12.6 Å². The highest BCUT2D eigenvalue weighted by Gasteiger charge is 2.26. The van der Waals surface area contributed by atoms with Gasteiger partial charge in [0.25, 0.3) is 0 Å². The number of hydrogen-bond donors (Lipinski definition) is 1. The van der Waals surface area contributed by atoms with E-state index in [1.54, 1.807) is 0 Å². The molecule has 0 aromatic rings. The van der Waals surface area contributed by atoms with Gasteiger partial charge in [-0.15, -0.1) is 0 Å². The lowest BCUT2D eigenvalue weighted by Gasteiger charge is -2.17. The Bertz CT molecular complexity index is 260. The fourth-order valence-electron chi connectivity index (χ4n) is 1.35. The summed E-state index contributed by atoms with van der Waals surface area (Å²) >= 11 is 0. The van der Waals surface area contributed by atoms with Gasteiger partial charge in [0.15, 0.2) is 0 Å². The average molecular weight is 211 g/mol.